The van der Waals surface area contributed by atoms with Crippen molar-refractivity contribution in [1.29, 1.82) is 0 Å². The van der Waals surface area contributed by atoms with E-state index in [0.717, 1.165) is 11.3 Å². The monoisotopic (exact) mass is 182 g/mol. The standard InChI is InChI=1S/C9H14N2O2/c1-9(2,3)8-6(4-7(12)13)5-10-11-8/h5H,4H2,1-3H3,(H,10,11)(H,12,13). The molecule has 0 fully saturated rings. The van der Waals surface area contributed by atoms with E-state index >= 15 is 0 Å². The SMILES string of the molecule is CC(C)(C)c1[nH]ncc1CC(=O)O. The Hall–Kier alpha value is -1.32. The molecule has 1 heterocycles. The molecule has 4 heteroatoms. The number of carboxylic acids is 1. The van der Waals surface area contributed by atoms with Crippen molar-refractivity contribution in [3.05, 3.63) is 17.5 Å². The number of hydrogen-bond acceptors (Lipinski definition) is 2. The molecule has 0 aliphatic carbocycles. The van der Waals surface area contributed by atoms with E-state index in [0.29, 0.717) is 0 Å². The first-order valence-electron chi connectivity index (χ1n) is 4.16. The Labute approximate surface area is 77.0 Å². The van der Waals surface area contributed by atoms with Crippen molar-refractivity contribution in [2.45, 2.75) is 32.6 Å². The Morgan fingerprint density at radius 3 is 2.69 bits per heavy atom. The molecule has 72 valence electrons. The Bertz CT molecular complexity index is 310. The fourth-order valence-electron chi connectivity index (χ4n) is 1.26. The number of nitrogens with zero attached hydrogens (tertiary/aromatic N) is 1. The zero-order valence-electron chi connectivity index (χ0n) is 8.09. The average Bonchev–Trinajstić information content (AvgIpc) is 2.31. The van der Waals surface area contributed by atoms with Crippen LogP contribution in [0.15, 0.2) is 6.20 Å². The topological polar surface area (TPSA) is 66.0 Å². The van der Waals surface area contributed by atoms with Crippen LogP contribution in [0.25, 0.3) is 0 Å². The summed E-state index contributed by atoms with van der Waals surface area (Å²) in [5.41, 5.74) is 1.58. The van der Waals surface area contributed by atoms with Gasteiger partial charge < -0.3 is 5.11 Å². The maximum Gasteiger partial charge on any atom is 0.307 e. The Morgan fingerprint density at radius 2 is 2.23 bits per heavy atom. The summed E-state index contributed by atoms with van der Waals surface area (Å²) < 4.78 is 0. The largest absolute Gasteiger partial charge is 0.481 e. The van der Waals surface area contributed by atoms with Gasteiger partial charge in [-0.1, -0.05) is 20.8 Å². The number of hydrogen-bond donors (Lipinski definition) is 2. The van der Waals surface area contributed by atoms with E-state index in [1.165, 1.54) is 0 Å². The third kappa shape index (κ3) is 2.31. The van der Waals surface area contributed by atoms with Gasteiger partial charge in [0.25, 0.3) is 0 Å². The second-order valence-electron chi connectivity index (χ2n) is 4.09. The normalized spacial score (nSPS) is 11.6. The predicted octanol–water partition coefficient (Wildman–Crippen LogP) is 1.33. The lowest BCUT2D eigenvalue weighted by Gasteiger charge is -2.17. The number of carbonyl (C=O) groups is 1. The van der Waals surface area contributed by atoms with Crippen molar-refractivity contribution in [2.24, 2.45) is 0 Å². The van der Waals surface area contributed by atoms with E-state index in [4.69, 9.17) is 5.11 Å². The highest BCUT2D eigenvalue weighted by atomic mass is 16.4. The van der Waals surface area contributed by atoms with Crippen LogP contribution in [0.4, 0.5) is 0 Å². The minimum absolute atomic E-state index is 0.0309. The van der Waals surface area contributed by atoms with Gasteiger partial charge in [-0.25, -0.2) is 0 Å². The Kier molecular flexibility index (Phi) is 2.40. The van der Waals surface area contributed by atoms with Crippen molar-refractivity contribution < 1.29 is 9.90 Å². The predicted molar refractivity (Wildman–Crippen MR) is 48.6 cm³/mol. The lowest BCUT2D eigenvalue weighted by molar-refractivity contribution is -0.136. The summed E-state index contributed by atoms with van der Waals surface area (Å²) in [6.07, 6.45) is 1.61. The van der Waals surface area contributed by atoms with Crippen LogP contribution in [0.3, 0.4) is 0 Å². The molecule has 0 spiro atoms. The van der Waals surface area contributed by atoms with Gasteiger partial charge in [0, 0.05) is 16.7 Å². The third-order valence-electron chi connectivity index (χ3n) is 1.81. The maximum atomic E-state index is 10.5. The number of carboxylic acid groups (broad SMARTS) is 1. The van der Waals surface area contributed by atoms with E-state index in [1.807, 2.05) is 20.8 Å². The van der Waals surface area contributed by atoms with Crippen molar-refractivity contribution in [3.8, 4) is 0 Å². The van der Waals surface area contributed by atoms with Gasteiger partial charge in [-0.2, -0.15) is 5.10 Å². The third-order valence-corrected chi connectivity index (χ3v) is 1.81. The summed E-state index contributed by atoms with van der Waals surface area (Å²) in [6.45, 7) is 6.06. The molecular formula is C9H14N2O2. The van der Waals surface area contributed by atoms with E-state index < -0.39 is 5.97 Å². The van der Waals surface area contributed by atoms with Gasteiger partial charge in [-0.05, 0) is 0 Å². The van der Waals surface area contributed by atoms with Gasteiger partial charge in [0.05, 0.1) is 12.6 Å². The lowest BCUT2D eigenvalue weighted by atomic mass is 9.89. The van der Waals surface area contributed by atoms with Crippen LogP contribution in [0, 0.1) is 0 Å². The van der Waals surface area contributed by atoms with Gasteiger partial charge in [0.2, 0.25) is 0 Å². The van der Waals surface area contributed by atoms with Gasteiger partial charge in [-0.15, -0.1) is 0 Å². The zero-order valence-corrected chi connectivity index (χ0v) is 8.09. The van der Waals surface area contributed by atoms with Crippen LogP contribution in [0.2, 0.25) is 0 Å². The second kappa shape index (κ2) is 3.20. The summed E-state index contributed by atoms with van der Waals surface area (Å²) in [5.74, 6) is -0.827. The number of aromatic nitrogens is 2. The molecule has 1 aromatic rings. The first kappa shape index (κ1) is 9.77. The molecule has 0 aromatic carbocycles. The Morgan fingerprint density at radius 1 is 1.62 bits per heavy atom. The van der Waals surface area contributed by atoms with E-state index in [-0.39, 0.29) is 11.8 Å². The van der Waals surface area contributed by atoms with Crippen LogP contribution in [-0.4, -0.2) is 21.3 Å². The smallest absolute Gasteiger partial charge is 0.307 e. The lowest BCUT2D eigenvalue weighted by Crippen LogP contribution is -2.15. The van der Waals surface area contributed by atoms with Gasteiger partial charge >= 0.3 is 5.97 Å². The molecule has 0 aliphatic heterocycles. The summed E-state index contributed by atoms with van der Waals surface area (Å²) in [4.78, 5) is 10.5. The molecule has 1 rings (SSSR count). The molecule has 0 amide bonds. The minimum Gasteiger partial charge on any atom is -0.481 e. The highest BCUT2D eigenvalue weighted by Gasteiger charge is 2.20. The quantitative estimate of drug-likeness (QED) is 0.725. The van der Waals surface area contributed by atoms with Crippen LogP contribution < -0.4 is 0 Å². The Balaban J connectivity index is 2.96. The highest BCUT2D eigenvalue weighted by molar-refractivity contribution is 5.70. The second-order valence-corrected chi connectivity index (χ2v) is 4.09. The molecule has 2 N–H and O–H groups in total. The summed E-state index contributed by atoms with van der Waals surface area (Å²) >= 11 is 0. The summed E-state index contributed by atoms with van der Waals surface area (Å²) in [6, 6.07) is 0. The number of rotatable bonds is 2. The van der Waals surface area contributed by atoms with Crippen LogP contribution in [0.5, 0.6) is 0 Å². The van der Waals surface area contributed by atoms with Crippen molar-refractivity contribution in [2.75, 3.05) is 0 Å². The van der Waals surface area contributed by atoms with Crippen molar-refractivity contribution in [1.82, 2.24) is 10.2 Å². The van der Waals surface area contributed by atoms with Crippen LogP contribution in [0.1, 0.15) is 32.0 Å². The first-order chi connectivity index (χ1) is 5.91. The molecule has 13 heavy (non-hydrogen) atoms. The average molecular weight is 182 g/mol. The number of nitrogens with one attached hydrogen (secondary N) is 1. The molecule has 0 atom stereocenters. The fraction of sp³-hybridized carbons (Fsp3) is 0.556. The number of aromatic amines is 1. The number of H-pyrrole nitrogens is 1. The van der Waals surface area contributed by atoms with Gasteiger partial charge in [-0.3, -0.25) is 9.89 Å². The first-order valence-corrected chi connectivity index (χ1v) is 4.16. The molecule has 0 aliphatic rings. The molecule has 0 saturated heterocycles. The van der Waals surface area contributed by atoms with E-state index in [1.54, 1.807) is 6.20 Å². The molecular weight excluding hydrogens is 168 g/mol. The van der Waals surface area contributed by atoms with Crippen LogP contribution in [-0.2, 0) is 16.6 Å². The molecule has 0 unspecified atom stereocenters. The van der Waals surface area contributed by atoms with Gasteiger partial charge in [0.1, 0.15) is 0 Å². The van der Waals surface area contributed by atoms with Crippen molar-refractivity contribution >= 4 is 5.97 Å². The van der Waals surface area contributed by atoms with E-state index in [2.05, 4.69) is 10.2 Å². The summed E-state index contributed by atoms with van der Waals surface area (Å²) in [5, 5.41) is 15.3. The molecule has 4 nitrogen and oxygen atoms in total. The molecule has 1 aromatic heterocycles. The maximum absolute atomic E-state index is 10.5. The molecule has 0 saturated carbocycles. The summed E-state index contributed by atoms with van der Waals surface area (Å²) in [7, 11) is 0. The van der Waals surface area contributed by atoms with Crippen LogP contribution >= 0.6 is 0 Å². The van der Waals surface area contributed by atoms with E-state index in [9.17, 15) is 4.79 Å². The highest BCUT2D eigenvalue weighted by Crippen LogP contribution is 2.23. The zero-order chi connectivity index (χ0) is 10.1. The number of aliphatic carboxylic acids is 1. The van der Waals surface area contributed by atoms with Gasteiger partial charge in [0.15, 0.2) is 0 Å². The van der Waals surface area contributed by atoms with Crippen molar-refractivity contribution in [3.63, 3.8) is 0 Å². The minimum atomic E-state index is -0.827. The molecule has 0 radical (unpaired) electrons. The molecule has 0 bridgehead atoms. The fourth-order valence-corrected chi connectivity index (χ4v) is 1.26.